The Morgan fingerprint density at radius 3 is 2.44 bits per heavy atom. The zero-order valence-corrected chi connectivity index (χ0v) is 19.0. The van der Waals surface area contributed by atoms with Crippen LogP contribution in [0.15, 0.2) is 24.5 Å². The molecule has 9 nitrogen and oxygen atoms in total. The summed E-state index contributed by atoms with van der Waals surface area (Å²) in [5.41, 5.74) is -0.280. The summed E-state index contributed by atoms with van der Waals surface area (Å²) >= 11 is 0. The first-order chi connectivity index (χ1) is 16.4. The molecule has 3 fully saturated rings. The maximum Gasteiger partial charge on any atom is 0.410 e. The number of fused-ring (bicyclic) bond motifs is 2. The van der Waals surface area contributed by atoms with Gasteiger partial charge in [-0.1, -0.05) is 6.07 Å². The number of amides is 1. The van der Waals surface area contributed by atoms with Crippen LogP contribution in [0, 0.1) is 23.5 Å². The lowest BCUT2D eigenvalue weighted by molar-refractivity contribution is -0.111. The van der Waals surface area contributed by atoms with Gasteiger partial charge in [0.25, 0.3) is 0 Å². The number of nitrogens with zero attached hydrogens (tertiary/aromatic N) is 3. The van der Waals surface area contributed by atoms with E-state index in [2.05, 4.69) is 20.6 Å². The van der Waals surface area contributed by atoms with Gasteiger partial charge in [-0.15, -0.1) is 0 Å². The van der Waals surface area contributed by atoms with Gasteiger partial charge >= 0.3 is 6.09 Å². The highest BCUT2D eigenvalue weighted by molar-refractivity contribution is 5.74. The average molecular weight is 475 g/mol. The molecule has 1 aromatic carbocycles. The number of aromatic nitrogens is 2. The first-order valence-electron chi connectivity index (χ1n) is 11.3. The fraction of sp³-hybridized carbons (Fsp3) is 0.522. The minimum absolute atomic E-state index is 0.0767. The third kappa shape index (κ3) is 4.44. The van der Waals surface area contributed by atoms with Crippen LogP contribution in [0.3, 0.4) is 0 Å². The van der Waals surface area contributed by atoms with Crippen LogP contribution in [-0.2, 0) is 9.47 Å². The van der Waals surface area contributed by atoms with Crippen molar-refractivity contribution in [2.45, 2.75) is 31.5 Å². The predicted molar refractivity (Wildman–Crippen MR) is 119 cm³/mol. The number of rotatable bonds is 6. The standard InChI is InChI=1S/C23H27F2N5O4/c1-23(6-7-23)34-22(31)30-8-13-10-32-11-14(9-30)19(13)33-21-18(26-2)20(27-12-28-21)29-17-15(24)4-3-5-16(17)25/h3-5,12-14,19,26H,6-11H2,1-2H3,(H,27,28,29). The van der Waals surface area contributed by atoms with Crippen LogP contribution in [0.4, 0.5) is 30.8 Å². The number of likely N-dealkylation sites (tertiary alicyclic amines) is 1. The first-order valence-corrected chi connectivity index (χ1v) is 11.3. The van der Waals surface area contributed by atoms with E-state index in [1.807, 2.05) is 6.92 Å². The summed E-state index contributed by atoms with van der Waals surface area (Å²) in [6, 6.07) is 3.61. The summed E-state index contributed by atoms with van der Waals surface area (Å²) in [5, 5.41) is 5.67. The molecule has 2 aliphatic heterocycles. The molecular formula is C23H27F2N5O4. The van der Waals surface area contributed by atoms with Crippen LogP contribution < -0.4 is 15.4 Å². The Balaban J connectivity index is 1.34. The minimum Gasteiger partial charge on any atom is -0.472 e. The van der Waals surface area contributed by atoms with Crippen molar-refractivity contribution in [3.05, 3.63) is 36.2 Å². The van der Waals surface area contributed by atoms with Crippen LogP contribution >= 0.6 is 0 Å². The number of piperidine rings is 1. The molecule has 0 radical (unpaired) electrons. The lowest BCUT2D eigenvalue weighted by Crippen LogP contribution is -2.59. The van der Waals surface area contributed by atoms with Crippen molar-refractivity contribution in [1.29, 1.82) is 0 Å². The number of carbonyl (C=O) groups is 1. The van der Waals surface area contributed by atoms with E-state index in [4.69, 9.17) is 14.2 Å². The Morgan fingerprint density at radius 1 is 1.15 bits per heavy atom. The number of ether oxygens (including phenoxy) is 3. The topological polar surface area (TPSA) is 97.8 Å². The van der Waals surface area contributed by atoms with E-state index in [9.17, 15) is 13.6 Å². The van der Waals surface area contributed by atoms with E-state index in [0.717, 1.165) is 25.0 Å². The minimum atomic E-state index is -0.742. The Hall–Kier alpha value is -3.21. The summed E-state index contributed by atoms with van der Waals surface area (Å²) in [5.74, 6) is -1.21. The molecular weight excluding hydrogens is 448 g/mol. The number of anilines is 3. The van der Waals surface area contributed by atoms with Crippen molar-refractivity contribution in [1.82, 2.24) is 14.9 Å². The van der Waals surface area contributed by atoms with Crippen molar-refractivity contribution in [2.75, 3.05) is 44.0 Å². The van der Waals surface area contributed by atoms with Crippen LogP contribution in [-0.4, -0.2) is 66.0 Å². The van der Waals surface area contributed by atoms with Gasteiger partial charge in [-0.05, 0) is 31.9 Å². The van der Waals surface area contributed by atoms with Crippen molar-refractivity contribution >= 4 is 23.3 Å². The monoisotopic (exact) mass is 475 g/mol. The molecule has 2 unspecified atom stereocenters. The molecule has 34 heavy (non-hydrogen) atoms. The van der Waals surface area contributed by atoms with E-state index >= 15 is 0 Å². The maximum absolute atomic E-state index is 14.2. The number of hydrogen-bond donors (Lipinski definition) is 2. The molecule has 11 heteroatoms. The van der Waals surface area contributed by atoms with E-state index < -0.39 is 11.6 Å². The number of halogens is 2. The van der Waals surface area contributed by atoms with Crippen LogP contribution in [0.25, 0.3) is 0 Å². The molecule has 1 aromatic heterocycles. The highest BCUT2D eigenvalue weighted by Crippen LogP contribution is 2.40. The zero-order valence-electron chi connectivity index (χ0n) is 19.0. The van der Waals surface area contributed by atoms with Gasteiger partial charge in [0.1, 0.15) is 41.0 Å². The third-order valence-corrected chi connectivity index (χ3v) is 6.57. The van der Waals surface area contributed by atoms with Gasteiger partial charge < -0.3 is 29.7 Å². The highest BCUT2D eigenvalue weighted by atomic mass is 19.1. The number of hydrogen-bond acceptors (Lipinski definition) is 8. The Morgan fingerprint density at radius 2 is 1.82 bits per heavy atom. The van der Waals surface area contributed by atoms with Gasteiger partial charge in [0, 0.05) is 32.0 Å². The van der Waals surface area contributed by atoms with Crippen molar-refractivity contribution in [3.8, 4) is 5.88 Å². The summed E-state index contributed by atoms with van der Waals surface area (Å²) in [7, 11) is 1.65. The Labute approximate surface area is 195 Å². The second kappa shape index (κ2) is 8.86. The average Bonchev–Trinajstić information content (AvgIpc) is 3.52. The molecule has 1 aliphatic carbocycles. The zero-order chi connectivity index (χ0) is 23.9. The molecule has 2 aromatic rings. The fourth-order valence-electron chi connectivity index (χ4n) is 4.44. The second-order valence-electron chi connectivity index (χ2n) is 9.24. The normalized spacial score (nSPS) is 24.8. The second-order valence-corrected chi connectivity index (χ2v) is 9.24. The Bertz CT molecular complexity index is 1050. The molecule has 182 valence electrons. The van der Waals surface area contributed by atoms with Crippen molar-refractivity contribution in [3.63, 3.8) is 0 Å². The van der Waals surface area contributed by atoms with Crippen molar-refractivity contribution < 1.29 is 27.8 Å². The molecule has 5 rings (SSSR count). The quantitative estimate of drug-likeness (QED) is 0.655. The summed E-state index contributed by atoms with van der Waals surface area (Å²) < 4.78 is 46.0. The molecule has 2 atom stereocenters. The lowest BCUT2D eigenvalue weighted by atomic mass is 9.84. The third-order valence-electron chi connectivity index (χ3n) is 6.57. The molecule has 1 saturated carbocycles. The number of para-hydroxylation sites is 1. The van der Waals surface area contributed by atoms with E-state index in [1.54, 1.807) is 11.9 Å². The molecule has 1 amide bonds. The van der Waals surface area contributed by atoms with Crippen molar-refractivity contribution in [2.24, 2.45) is 11.8 Å². The van der Waals surface area contributed by atoms with E-state index in [1.165, 1.54) is 12.4 Å². The van der Waals surface area contributed by atoms with E-state index in [0.29, 0.717) is 32.0 Å². The Kier molecular flexibility index (Phi) is 5.88. The SMILES string of the molecule is CNc1c(Nc2c(F)cccc2F)ncnc1OC1C2COCC1CN(C(=O)OC1(C)CC1)C2. The molecule has 2 bridgehead atoms. The van der Waals surface area contributed by atoms with Crippen LogP contribution in [0.1, 0.15) is 19.8 Å². The van der Waals surface area contributed by atoms with Gasteiger partial charge in [0.2, 0.25) is 5.88 Å². The number of nitrogens with one attached hydrogen (secondary N) is 2. The molecule has 2 saturated heterocycles. The molecule has 3 heterocycles. The largest absolute Gasteiger partial charge is 0.472 e. The number of benzene rings is 1. The van der Waals surface area contributed by atoms with Gasteiger partial charge in [0.15, 0.2) is 5.82 Å². The highest BCUT2D eigenvalue weighted by Gasteiger charge is 2.47. The smallest absolute Gasteiger partial charge is 0.410 e. The van der Waals surface area contributed by atoms with Gasteiger partial charge in [-0.25, -0.2) is 18.6 Å². The number of carbonyl (C=O) groups excluding carboxylic acids is 1. The summed E-state index contributed by atoms with van der Waals surface area (Å²) in [6.45, 7) is 3.71. The van der Waals surface area contributed by atoms with Gasteiger partial charge in [-0.2, -0.15) is 4.98 Å². The van der Waals surface area contributed by atoms with Gasteiger partial charge in [-0.3, -0.25) is 0 Å². The predicted octanol–water partition coefficient (Wildman–Crippen LogP) is 3.55. The fourth-order valence-corrected chi connectivity index (χ4v) is 4.44. The molecule has 2 N–H and O–H groups in total. The van der Waals surface area contributed by atoms with E-state index in [-0.39, 0.29) is 47.0 Å². The first kappa shape index (κ1) is 22.6. The van der Waals surface area contributed by atoms with Crippen LogP contribution in [0.2, 0.25) is 0 Å². The molecule has 3 aliphatic rings. The van der Waals surface area contributed by atoms with Gasteiger partial charge in [0.05, 0.1) is 13.2 Å². The van der Waals surface area contributed by atoms with Crippen LogP contribution in [0.5, 0.6) is 5.88 Å². The lowest BCUT2D eigenvalue weighted by Gasteiger charge is -2.46. The maximum atomic E-state index is 14.2. The summed E-state index contributed by atoms with van der Waals surface area (Å²) in [6.07, 6.45) is 2.50. The summed E-state index contributed by atoms with van der Waals surface area (Å²) in [4.78, 5) is 22.8. The molecule has 0 spiro atoms.